The monoisotopic (exact) mass is 328 g/mol. The highest BCUT2D eigenvalue weighted by Gasteiger charge is 2.06. The fourth-order valence-electron chi connectivity index (χ4n) is 2.02. The summed E-state index contributed by atoms with van der Waals surface area (Å²) in [5.41, 5.74) is 6.58. The number of benzene rings is 1. The second-order valence-electron chi connectivity index (χ2n) is 4.78. The number of aromatic nitrogens is 3. The third kappa shape index (κ3) is 3.32. The summed E-state index contributed by atoms with van der Waals surface area (Å²) in [6.45, 7) is 0. The van der Waals surface area contributed by atoms with E-state index in [0.29, 0.717) is 16.8 Å². The van der Waals surface area contributed by atoms with E-state index in [2.05, 4.69) is 15.0 Å². The molecule has 1 aromatic carbocycles. The van der Waals surface area contributed by atoms with Gasteiger partial charge in [0.25, 0.3) is 5.56 Å². The van der Waals surface area contributed by atoms with E-state index in [1.54, 1.807) is 36.5 Å². The van der Waals surface area contributed by atoms with Crippen LogP contribution in [0.4, 0.5) is 5.95 Å². The van der Waals surface area contributed by atoms with Gasteiger partial charge in [0.2, 0.25) is 5.95 Å². The van der Waals surface area contributed by atoms with Gasteiger partial charge in [-0.1, -0.05) is 0 Å². The lowest BCUT2D eigenvalue weighted by atomic mass is 10.2. The van der Waals surface area contributed by atoms with Gasteiger partial charge in [0, 0.05) is 16.8 Å². The van der Waals surface area contributed by atoms with Gasteiger partial charge in [-0.05, 0) is 35.9 Å². The van der Waals surface area contributed by atoms with Crippen molar-refractivity contribution < 1.29 is 9.90 Å². The molecule has 8 heteroatoms. The van der Waals surface area contributed by atoms with Crippen LogP contribution in [0.5, 0.6) is 0 Å². The number of carboxylic acids is 1. The van der Waals surface area contributed by atoms with Crippen LogP contribution in [-0.2, 0) is 5.75 Å². The van der Waals surface area contributed by atoms with E-state index in [4.69, 9.17) is 10.8 Å². The number of hydrogen-bond acceptors (Lipinski definition) is 6. The highest BCUT2D eigenvalue weighted by Crippen LogP contribution is 2.23. The number of rotatable bonds is 4. The minimum atomic E-state index is -0.953. The number of aromatic carboxylic acids is 1. The Morgan fingerprint density at radius 1 is 1.30 bits per heavy atom. The highest BCUT2D eigenvalue weighted by atomic mass is 32.2. The quantitative estimate of drug-likeness (QED) is 0.625. The Morgan fingerprint density at radius 3 is 2.74 bits per heavy atom. The maximum atomic E-state index is 11.8. The summed E-state index contributed by atoms with van der Waals surface area (Å²) in [5.74, 6) is -0.318. The van der Waals surface area contributed by atoms with Crippen LogP contribution in [0.1, 0.15) is 15.9 Å². The first-order valence-electron chi connectivity index (χ1n) is 6.63. The van der Waals surface area contributed by atoms with Crippen LogP contribution < -0.4 is 11.3 Å². The van der Waals surface area contributed by atoms with Crippen molar-refractivity contribution in [2.24, 2.45) is 0 Å². The van der Waals surface area contributed by atoms with Gasteiger partial charge < -0.3 is 10.8 Å². The Hall–Kier alpha value is -2.87. The number of thioether (sulfide) groups is 1. The van der Waals surface area contributed by atoms with Gasteiger partial charge in [0.15, 0.2) is 5.65 Å². The van der Waals surface area contributed by atoms with Crippen molar-refractivity contribution in [1.29, 1.82) is 0 Å². The molecule has 7 nitrogen and oxygen atoms in total. The standard InChI is InChI=1S/C15H12N4O3S/c16-15-18-12-11(13(20)19-15)5-8(6-17-12)7-23-10-3-1-9(2-4-10)14(21)22/h1-6H,7H2,(H,21,22)(H3,16,17,18,19,20). The van der Waals surface area contributed by atoms with E-state index in [1.165, 1.54) is 11.8 Å². The van der Waals surface area contributed by atoms with Crippen LogP contribution >= 0.6 is 11.8 Å². The smallest absolute Gasteiger partial charge is 0.335 e. The Morgan fingerprint density at radius 2 is 2.04 bits per heavy atom. The lowest BCUT2D eigenvalue weighted by Gasteiger charge is -2.04. The molecule has 0 spiro atoms. The number of pyridine rings is 1. The lowest BCUT2D eigenvalue weighted by molar-refractivity contribution is 0.0697. The minimum Gasteiger partial charge on any atom is -0.478 e. The van der Waals surface area contributed by atoms with Crippen molar-refractivity contribution >= 4 is 34.7 Å². The number of fused-ring (bicyclic) bond motifs is 1. The number of anilines is 1. The Balaban J connectivity index is 1.79. The molecular formula is C15H12N4O3S. The van der Waals surface area contributed by atoms with E-state index in [1.807, 2.05) is 0 Å². The average molecular weight is 328 g/mol. The Bertz CT molecular complexity index is 938. The van der Waals surface area contributed by atoms with Crippen molar-refractivity contribution in [3.63, 3.8) is 0 Å². The van der Waals surface area contributed by atoms with Crippen molar-refractivity contribution in [3.05, 3.63) is 58.0 Å². The first-order chi connectivity index (χ1) is 11.0. The number of carbonyl (C=O) groups is 1. The molecule has 3 rings (SSSR count). The molecule has 0 saturated carbocycles. The molecule has 0 unspecified atom stereocenters. The molecule has 116 valence electrons. The molecule has 0 atom stereocenters. The maximum Gasteiger partial charge on any atom is 0.335 e. The zero-order valence-electron chi connectivity index (χ0n) is 11.8. The number of nitrogens with two attached hydrogens (primary N) is 1. The normalized spacial score (nSPS) is 10.8. The third-order valence-electron chi connectivity index (χ3n) is 3.14. The van der Waals surface area contributed by atoms with Crippen LogP contribution in [0.3, 0.4) is 0 Å². The van der Waals surface area contributed by atoms with Gasteiger partial charge >= 0.3 is 5.97 Å². The average Bonchev–Trinajstić information content (AvgIpc) is 2.53. The summed E-state index contributed by atoms with van der Waals surface area (Å²) in [4.78, 5) is 34.1. The summed E-state index contributed by atoms with van der Waals surface area (Å²) in [6, 6.07) is 8.34. The number of aromatic amines is 1. The minimum absolute atomic E-state index is 0.0376. The molecule has 0 fully saturated rings. The Kier molecular flexibility index (Phi) is 3.98. The first kappa shape index (κ1) is 15.0. The van der Waals surface area contributed by atoms with Gasteiger partial charge in [-0.3, -0.25) is 9.78 Å². The Labute approximate surface area is 134 Å². The maximum absolute atomic E-state index is 11.8. The van der Waals surface area contributed by atoms with Crippen molar-refractivity contribution in [1.82, 2.24) is 15.0 Å². The van der Waals surface area contributed by atoms with Gasteiger partial charge in [-0.25, -0.2) is 9.78 Å². The number of hydrogen-bond donors (Lipinski definition) is 3. The molecule has 0 aliphatic rings. The predicted molar refractivity (Wildman–Crippen MR) is 87.5 cm³/mol. The molecule has 3 aromatic rings. The SMILES string of the molecule is Nc1nc2ncc(CSc3ccc(C(=O)O)cc3)cc2c(=O)[nH]1. The number of H-pyrrole nitrogens is 1. The number of nitrogen functional groups attached to an aromatic ring is 1. The van der Waals surface area contributed by atoms with Crippen molar-refractivity contribution in [2.75, 3.05) is 5.73 Å². The number of carboxylic acid groups (broad SMARTS) is 1. The summed E-state index contributed by atoms with van der Waals surface area (Å²) < 4.78 is 0. The van der Waals surface area contributed by atoms with Crippen LogP contribution in [0.2, 0.25) is 0 Å². The van der Waals surface area contributed by atoms with Gasteiger partial charge in [-0.15, -0.1) is 11.8 Å². The molecule has 0 aliphatic heterocycles. The van der Waals surface area contributed by atoms with E-state index in [0.717, 1.165) is 10.5 Å². The zero-order valence-corrected chi connectivity index (χ0v) is 12.6. The fraction of sp³-hybridized carbons (Fsp3) is 0.0667. The molecule has 0 amide bonds. The zero-order chi connectivity index (χ0) is 16.4. The molecule has 2 heterocycles. The lowest BCUT2D eigenvalue weighted by Crippen LogP contribution is -2.12. The second-order valence-corrected chi connectivity index (χ2v) is 5.83. The topological polar surface area (TPSA) is 122 Å². The highest BCUT2D eigenvalue weighted by molar-refractivity contribution is 7.98. The molecule has 0 bridgehead atoms. The van der Waals surface area contributed by atoms with E-state index in [-0.39, 0.29) is 17.1 Å². The molecule has 0 aliphatic carbocycles. The van der Waals surface area contributed by atoms with E-state index < -0.39 is 5.97 Å². The van der Waals surface area contributed by atoms with Crippen LogP contribution in [0.25, 0.3) is 11.0 Å². The summed E-state index contributed by atoms with van der Waals surface area (Å²) >= 11 is 1.52. The van der Waals surface area contributed by atoms with Crippen molar-refractivity contribution in [3.8, 4) is 0 Å². The summed E-state index contributed by atoms with van der Waals surface area (Å²) in [6.07, 6.45) is 1.65. The van der Waals surface area contributed by atoms with Crippen molar-refractivity contribution in [2.45, 2.75) is 10.6 Å². The molecule has 0 radical (unpaired) electrons. The van der Waals surface area contributed by atoms with Gasteiger partial charge in [-0.2, -0.15) is 4.98 Å². The van der Waals surface area contributed by atoms with Crippen LogP contribution in [0.15, 0.2) is 46.2 Å². The number of nitrogens with one attached hydrogen (secondary N) is 1. The second kappa shape index (κ2) is 6.09. The molecule has 0 saturated heterocycles. The molecule has 2 aromatic heterocycles. The van der Waals surface area contributed by atoms with Gasteiger partial charge in [0.1, 0.15) is 0 Å². The summed E-state index contributed by atoms with van der Waals surface area (Å²) in [7, 11) is 0. The van der Waals surface area contributed by atoms with Crippen LogP contribution in [0, 0.1) is 0 Å². The molecule has 23 heavy (non-hydrogen) atoms. The fourth-order valence-corrected chi connectivity index (χ4v) is 2.84. The molecular weight excluding hydrogens is 316 g/mol. The van der Waals surface area contributed by atoms with Gasteiger partial charge in [0.05, 0.1) is 10.9 Å². The number of nitrogens with zero attached hydrogens (tertiary/aromatic N) is 2. The predicted octanol–water partition coefficient (Wildman–Crippen LogP) is 1.89. The van der Waals surface area contributed by atoms with E-state index in [9.17, 15) is 9.59 Å². The first-order valence-corrected chi connectivity index (χ1v) is 7.62. The molecule has 4 N–H and O–H groups in total. The van der Waals surface area contributed by atoms with E-state index >= 15 is 0 Å². The van der Waals surface area contributed by atoms with Crippen LogP contribution in [-0.4, -0.2) is 26.0 Å². The summed E-state index contributed by atoms with van der Waals surface area (Å²) in [5, 5.41) is 9.25. The largest absolute Gasteiger partial charge is 0.478 e. The third-order valence-corrected chi connectivity index (χ3v) is 4.23.